The molecule has 9 heteroatoms. The Hall–Kier alpha value is -3.23. The molecule has 1 amide bonds. The Bertz CT molecular complexity index is 1560. The molecule has 4 aromatic rings. The number of hydrogen-bond donors (Lipinski definition) is 1. The van der Waals surface area contributed by atoms with Gasteiger partial charge in [-0.2, -0.15) is 0 Å². The summed E-state index contributed by atoms with van der Waals surface area (Å²) in [5.41, 5.74) is 3.89. The van der Waals surface area contributed by atoms with E-state index in [1.165, 1.54) is 24.3 Å². The number of aryl methyl sites for hydroxylation is 2. The van der Waals surface area contributed by atoms with Gasteiger partial charge < -0.3 is 9.88 Å². The predicted molar refractivity (Wildman–Crippen MR) is 142 cm³/mol. The fourth-order valence-corrected chi connectivity index (χ4v) is 5.43. The van der Waals surface area contributed by atoms with Crippen LogP contribution in [0.15, 0.2) is 65.6 Å². The number of carbonyl (C=O) groups excluding carboxylic acids is 1. The van der Waals surface area contributed by atoms with Crippen molar-refractivity contribution in [2.24, 2.45) is 0 Å². The monoisotopic (exact) mass is 544 g/mol. The van der Waals surface area contributed by atoms with Crippen LogP contribution in [0.4, 0.5) is 8.78 Å². The van der Waals surface area contributed by atoms with Gasteiger partial charge in [-0.3, -0.25) is 4.79 Å². The highest BCUT2D eigenvalue weighted by atomic mass is 35.5. The lowest BCUT2D eigenvalue weighted by Crippen LogP contribution is -2.24. The first-order chi connectivity index (χ1) is 17.6. The molecule has 1 N–H and O–H groups in total. The number of aromatic nitrogens is 1. The van der Waals surface area contributed by atoms with Crippen molar-refractivity contribution in [3.8, 4) is 0 Å². The van der Waals surface area contributed by atoms with Crippen LogP contribution in [0.1, 0.15) is 39.7 Å². The van der Waals surface area contributed by atoms with Crippen molar-refractivity contribution >= 4 is 38.2 Å². The van der Waals surface area contributed by atoms with Crippen LogP contribution in [-0.2, 0) is 29.3 Å². The number of halogens is 3. The molecule has 0 bridgehead atoms. The zero-order chi connectivity index (χ0) is 26.7. The molecular weight excluding hydrogens is 518 g/mol. The number of nitrogens with one attached hydrogen (secondary N) is 1. The first-order valence-corrected chi connectivity index (χ1v) is 13.9. The normalized spacial score (nSPS) is 11.7. The molecular formula is C28H27ClF2N2O3S. The largest absolute Gasteiger partial charge is 0.348 e. The van der Waals surface area contributed by atoms with E-state index in [9.17, 15) is 17.6 Å². The van der Waals surface area contributed by atoms with Gasteiger partial charge in [-0.25, -0.2) is 17.2 Å². The number of alkyl halides is 1. The number of fused-ring (bicyclic) bond motifs is 1. The summed E-state index contributed by atoms with van der Waals surface area (Å²) < 4.78 is 54.1. The number of benzene rings is 3. The summed E-state index contributed by atoms with van der Waals surface area (Å²) in [5.74, 6) is -1.31. The van der Waals surface area contributed by atoms with Crippen LogP contribution in [0.25, 0.3) is 10.9 Å². The lowest BCUT2D eigenvalue weighted by atomic mass is 10.0. The maximum atomic E-state index is 15.0. The van der Waals surface area contributed by atoms with Gasteiger partial charge in [0.2, 0.25) is 0 Å². The first-order valence-electron chi connectivity index (χ1n) is 11.9. The third-order valence-electron chi connectivity index (χ3n) is 6.42. The van der Waals surface area contributed by atoms with Gasteiger partial charge >= 0.3 is 0 Å². The molecule has 0 atom stereocenters. The van der Waals surface area contributed by atoms with Crippen LogP contribution in [0.3, 0.4) is 0 Å². The van der Waals surface area contributed by atoms with Gasteiger partial charge in [0, 0.05) is 29.1 Å². The average Bonchev–Trinajstić information content (AvgIpc) is 3.20. The molecule has 4 rings (SSSR count). The number of nitrogens with zero attached hydrogens (tertiary/aromatic N) is 1. The summed E-state index contributed by atoms with van der Waals surface area (Å²) in [5, 5.41) is 3.95. The number of carbonyl (C=O) groups is 1. The molecule has 1 aromatic heterocycles. The van der Waals surface area contributed by atoms with E-state index in [2.05, 4.69) is 5.32 Å². The van der Waals surface area contributed by atoms with Gasteiger partial charge in [0.05, 0.1) is 28.3 Å². The zero-order valence-corrected chi connectivity index (χ0v) is 22.1. The molecule has 0 aliphatic rings. The van der Waals surface area contributed by atoms with Crippen molar-refractivity contribution in [1.29, 1.82) is 0 Å². The van der Waals surface area contributed by atoms with E-state index in [0.717, 1.165) is 16.8 Å². The van der Waals surface area contributed by atoms with Crippen molar-refractivity contribution in [2.45, 2.75) is 38.3 Å². The molecule has 0 spiro atoms. The molecule has 3 aromatic carbocycles. The number of hydrogen-bond acceptors (Lipinski definition) is 3. The van der Waals surface area contributed by atoms with E-state index in [0.29, 0.717) is 27.9 Å². The van der Waals surface area contributed by atoms with E-state index < -0.39 is 28.2 Å². The fourth-order valence-electron chi connectivity index (χ4n) is 4.32. The molecule has 0 unspecified atom stereocenters. The van der Waals surface area contributed by atoms with E-state index in [1.54, 1.807) is 29.7 Å². The summed E-state index contributed by atoms with van der Waals surface area (Å²) in [4.78, 5) is 13.0. The second kappa shape index (κ2) is 11.0. The fraction of sp³-hybridized carbons (Fsp3) is 0.250. The summed E-state index contributed by atoms with van der Waals surface area (Å²) in [7, 11) is -3.31. The molecule has 0 saturated heterocycles. The highest BCUT2D eigenvalue weighted by Gasteiger charge is 2.18. The van der Waals surface area contributed by atoms with E-state index in [1.807, 2.05) is 25.1 Å². The Kier molecular flexibility index (Phi) is 7.99. The number of amides is 1. The van der Waals surface area contributed by atoms with E-state index >= 15 is 4.39 Å². The van der Waals surface area contributed by atoms with Crippen LogP contribution in [0.5, 0.6) is 0 Å². The SMILES string of the molecule is CCS(=O)(=O)c1ccc(CNC(=O)c2cc3cc(Cc4ccc(Cl)cc4C)n(CCF)c3cc2F)cc1. The highest BCUT2D eigenvalue weighted by molar-refractivity contribution is 7.91. The summed E-state index contributed by atoms with van der Waals surface area (Å²) >= 11 is 6.07. The van der Waals surface area contributed by atoms with E-state index in [4.69, 9.17) is 11.6 Å². The molecule has 1 heterocycles. The quantitative estimate of drug-likeness (QED) is 0.280. The Balaban J connectivity index is 1.58. The minimum atomic E-state index is -3.31. The van der Waals surface area contributed by atoms with Gasteiger partial charge in [-0.15, -0.1) is 0 Å². The van der Waals surface area contributed by atoms with Gasteiger partial charge in [0.25, 0.3) is 5.91 Å². The molecule has 0 radical (unpaired) electrons. The minimum Gasteiger partial charge on any atom is -0.348 e. The van der Waals surface area contributed by atoms with Gasteiger partial charge in [0.1, 0.15) is 12.5 Å². The van der Waals surface area contributed by atoms with Crippen LogP contribution in [0, 0.1) is 12.7 Å². The minimum absolute atomic E-state index is 0.00108. The van der Waals surface area contributed by atoms with Crippen LogP contribution in [-0.4, -0.2) is 31.3 Å². The van der Waals surface area contributed by atoms with Crippen LogP contribution < -0.4 is 5.32 Å². The van der Waals surface area contributed by atoms with Crippen molar-refractivity contribution in [1.82, 2.24) is 9.88 Å². The van der Waals surface area contributed by atoms with Crippen molar-refractivity contribution < 1.29 is 22.0 Å². The highest BCUT2D eigenvalue weighted by Crippen LogP contribution is 2.27. The Morgan fingerprint density at radius 1 is 1.05 bits per heavy atom. The molecule has 194 valence electrons. The molecule has 0 aliphatic carbocycles. The maximum absolute atomic E-state index is 15.0. The maximum Gasteiger partial charge on any atom is 0.254 e. The second-order valence-electron chi connectivity index (χ2n) is 8.84. The van der Waals surface area contributed by atoms with Crippen molar-refractivity contribution in [3.63, 3.8) is 0 Å². The lowest BCUT2D eigenvalue weighted by Gasteiger charge is -2.11. The van der Waals surface area contributed by atoms with Gasteiger partial charge in [-0.05, 0) is 66.1 Å². The Morgan fingerprint density at radius 3 is 2.43 bits per heavy atom. The number of rotatable bonds is 9. The Labute approximate surface area is 220 Å². The molecule has 0 aliphatic heterocycles. The van der Waals surface area contributed by atoms with Crippen LogP contribution >= 0.6 is 11.6 Å². The molecule has 37 heavy (non-hydrogen) atoms. The Morgan fingerprint density at radius 2 is 1.78 bits per heavy atom. The third-order valence-corrected chi connectivity index (χ3v) is 8.41. The third kappa shape index (κ3) is 5.86. The lowest BCUT2D eigenvalue weighted by molar-refractivity contribution is 0.0947. The second-order valence-corrected chi connectivity index (χ2v) is 11.6. The first kappa shape index (κ1) is 26.8. The molecule has 5 nitrogen and oxygen atoms in total. The summed E-state index contributed by atoms with van der Waals surface area (Å²) in [6.45, 7) is 3.08. The molecule has 0 saturated carbocycles. The topological polar surface area (TPSA) is 68.2 Å². The standard InChI is InChI=1S/C28H27ClF2N2O3S/c1-3-37(35,36)24-8-4-19(5-9-24)17-32-28(34)25-15-21-14-23(13-20-6-7-22(29)12-18(20)2)33(11-10-30)27(21)16-26(25)31/h4-9,12,14-16H,3,10-11,13,17H2,1-2H3,(H,32,34). The zero-order valence-electron chi connectivity index (χ0n) is 20.5. The number of sulfone groups is 1. The average molecular weight is 545 g/mol. The van der Waals surface area contributed by atoms with Gasteiger partial charge in [0.15, 0.2) is 9.84 Å². The predicted octanol–water partition coefficient (Wildman–Crippen LogP) is 6.03. The molecule has 0 fully saturated rings. The summed E-state index contributed by atoms with van der Waals surface area (Å²) in [6, 6.07) is 16.4. The van der Waals surface area contributed by atoms with Crippen LogP contribution in [0.2, 0.25) is 5.02 Å². The van der Waals surface area contributed by atoms with Crippen molar-refractivity contribution in [2.75, 3.05) is 12.4 Å². The smallest absolute Gasteiger partial charge is 0.254 e. The van der Waals surface area contributed by atoms with E-state index in [-0.39, 0.29) is 29.3 Å². The summed E-state index contributed by atoms with van der Waals surface area (Å²) in [6.07, 6.45) is 0.505. The van der Waals surface area contributed by atoms with Crippen molar-refractivity contribution in [3.05, 3.63) is 99.5 Å². The van der Waals surface area contributed by atoms with Gasteiger partial charge in [-0.1, -0.05) is 36.7 Å².